The fraction of sp³-hybridized carbons (Fsp3) is 0.167. The lowest BCUT2D eigenvalue weighted by atomic mass is 10.3. The van der Waals surface area contributed by atoms with E-state index in [4.69, 9.17) is 5.73 Å². The van der Waals surface area contributed by atoms with Crippen LogP contribution in [0.4, 0.5) is 14.5 Å². The summed E-state index contributed by atoms with van der Waals surface area (Å²) in [5.41, 5.74) is 5.72. The van der Waals surface area contributed by atoms with Crippen molar-refractivity contribution in [2.24, 2.45) is 5.73 Å². The standard InChI is InChI=1S/C12H12F2N2O3S2/c13-12(14)19-9-3-1-8(2-4-9)16-21(17,18)11-5-6-20-10(11)7-15/h1-6,12,16H,7,15H2. The molecule has 1 aromatic heterocycles. The largest absolute Gasteiger partial charge is 0.435 e. The molecule has 0 unspecified atom stereocenters. The fourth-order valence-corrected chi connectivity index (χ4v) is 4.03. The summed E-state index contributed by atoms with van der Waals surface area (Å²) in [6.07, 6.45) is 0. The minimum absolute atomic E-state index is 0.0499. The third-order valence-electron chi connectivity index (χ3n) is 2.51. The van der Waals surface area contributed by atoms with E-state index >= 15 is 0 Å². The molecule has 0 aliphatic rings. The number of sulfonamides is 1. The summed E-state index contributed by atoms with van der Waals surface area (Å²) in [5.74, 6) is -0.0499. The summed E-state index contributed by atoms with van der Waals surface area (Å²) in [6.45, 7) is -2.81. The molecule has 0 saturated carbocycles. The topological polar surface area (TPSA) is 81.4 Å². The van der Waals surface area contributed by atoms with Gasteiger partial charge in [-0.05, 0) is 35.7 Å². The monoisotopic (exact) mass is 334 g/mol. The van der Waals surface area contributed by atoms with E-state index in [1.807, 2.05) is 0 Å². The van der Waals surface area contributed by atoms with E-state index in [0.717, 1.165) is 0 Å². The molecule has 0 aliphatic carbocycles. The number of anilines is 1. The number of alkyl halides is 2. The molecule has 0 radical (unpaired) electrons. The van der Waals surface area contributed by atoms with Crippen molar-refractivity contribution in [1.82, 2.24) is 0 Å². The second-order valence-electron chi connectivity index (χ2n) is 3.92. The van der Waals surface area contributed by atoms with Crippen LogP contribution < -0.4 is 15.2 Å². The van der Waals surface area contributed by atoms with E-state index in [1.165, 1.54) is 41.7 Å². The zero-order valence-corrected chi connectivity index (χ0v) is 12.3. The number of hydrogen-bond acceptors (Lipinski definition) is 5. The van der Waals surface area contributed by atoms with E-state index in [1.54, 1.807) is 5.38 Å². The molecule has 1 aromatic carbocycles. The summed E-state index contributed by atoms with van der Waals surface area (Å²) in [4.78, 5) is 0.656. The molecule has 0 spiro atoms. The number of nitrogens with two attached hydrogens (primary N) is 1. The Hall–Kier alpha value is -1.71. The van der Waals surface area contributed by atoms with Gasteiger partial charge in [0.05, 0.1) is 0 Å². The highest BCUT2D eigenvalue weighted by Crippen LogP contribution is 2.25. The lowest BCUT2D eigenvalue weighted by Crippen LogP contribution is -2.14. The van der Waals surface area contributed by atoms with Gasteiger partial charge in [0.15, 0.2) is 0 Å². The molecule has 21 heavy (non-hydrogen) atoms. The Kier molecular flexibility index (Phi) is 4.76. The maximum absolute atomic E-state index is 12.2. The lowest BCUT2D eigenvalue weighted by Gasteiger charge is -2.09. The molecule has 3 N–H and O–H groups in total. The molecule has 9 heteroatoms. The van der Waals surface area contributed by atoms with Gasteiger partial charge in [-0.3, -0.25) is 4.72 Å². The average Bonchev–Trinajstić information content (AvgIpc) is 2.89. The number of benzene rings is 1. The molecule has 5 nitrogen and oxygen atoms in total. The molecular formula is C12H12F2N2O3S2. The first kappa shape index (κ1) is 15.7. The Bertz CT molecular complexity index is 700. The highest BCUT2D eigenvalue weighted by Gasteiger charge is 2.19. The molecule has 0 aliphatic heterocycles. The third kappa shape index (κ3) is 3.90. The van der Waals surface area contributed by atoms with Gasteiger partial charge >= 0.3 is 6.61 Å². The minimum atomic E-state index is -3.76. The summed E-state index contributed by atoms with van der Waals surface area (Å²) < 4.78 is 55.0. The summed E-state index contributed by atoms with van der Waals surface area (Å²) in [6, 6.07) is 6.64. The molecule has 0 amide bonds. The Morgan fingerprint density at radius 3 is 2.48 bits per heavy atom. The van der Waals surface area contributed by atoms with Crippen molar-refractivity contribution >= 4 is 27.0 Å². The van der Waals surface area contributed by atoms with Crippen LogP contribution in [0, 0.1) is 0 Å². The van der Waals surface area contributed by atoms with E-state index in [2.05, 4.69) is 9.46 Å². The number of rotatable bonds is 6. The van der Waals surface area contributed by atoms with Crippen molar-refractivity contribution < 1.29 is 21.9 Å². The van der Waals surface area contributed by atoms with Gasteiger partial charge in [-0.25, -0.2) is 8.42 Å². The second-order valence-corrected chi connectivity index (χ2v) is 6.57. The predicted octanol–water partition coefficient (Wildman–Crippen LogP) is 2.61. The Labute approximate surface area is 124 Å². The SMILES string of the molecule is NCc1sccc1S(=O)(=O)Nc1ccc(OC(F)F)cc1. The molecule has 1 heterocycles. The van der Waals surface area contributed by atoms with Gasteiger partial charge in [0.1, 0.15) is 10.6 Å². The predicted molar refractivity (Wildman–Crippen MR) is 76.1 cm³/mol. The molecular weight excluding hydrogens is 322 g/mol. The van der Waals surface area contributed by atoms with Gasteiger partial charge in [-0.2, -0.15) is 8.78 Å². The normalized spacial score (nSPS) is 11.6. The first-order chi connectivity index (χ1) is 9.92. The van der Waals surface area contributed by atoms with Crippen LogP contribution in [0.1, 0.15) is 4.88 Å². The molecule has 0 saturated heterocycles. The van der Waals surface area contributed by atoms with Gasteiger partial charge < -0.3 is 10.5 Å². The van der Waals surface area contributed by atoms with E-state index in [9.17, 15) is 17.2 Å². The zero-order valence-electron chi connectivity index (χ0n) is 10.6. The Morgan fingerprint density at radius 2 is 1.90 bits per heavy atom. The molecule has 2 rings (SSSR count). The Balaban J connectivity index is 2.17. The van der Waals surface area contributed by atoms with Gasteiger partial charge in [-0.15, -0.1) is 11.3 Å². The molecule has 2 aromatic rings. The lowest BCUT2D eigenvalue weighted by molar-refractivity contribution is -0.0498. The molecule has 0 atom stereocenters. The Morgan fingerprint density at radius 1 is 1.24 bits per heavy atom. The number of halogens is 2. The van der Waals surface area contributed by atoms with Crippen LogP contribution in [-0.4, -0.2) is 15.0 Å². The molecule has 0 fully saturated rings. The first-order valence-electron chi connectivity index (χ1n) is 5.76. The average molecular weight is 334 g/mol. The number of ether oxygens (including phenoxy) is 1. The maximum Gasteiger partial charge on any atom is 0.387 e. The third-order valence-corrected chi connectivity index (χ3v) is 5.05. The summed E-state index contributed by atoms with van der Waals surface area (Å²) in [5, 5.41) is 1.64. The van der Waals surface area contributed by atoms with Crippen molar-refractivity contribution in [3.63, 3.8) is 0 Å². The van der Waals surface area contributed by atoms with Crippen molar-refractivity contribution in [2.75, 3.05) is 4.72 Å². The van der Waals surface area contributed by atoms with Crippen LogP contribution in [0.25, 0.3) is 0 Å². The first-order valence-corrected chi connectivity index (χ1v) is 8.13. The van der Waals surface area contributed by atoms with Crippen LogP contribution in [0.3, 0.4) is 0 Å². The number of hydrogen-bond donors (Lipinski definition) is 2. The number of thiophene rings is 1. The maximum atomic E-state index is 12.2. The van der Waals surface area contributed by atoms with Crippen LogP contribution in [0.2, 0.25) is 0 Å². The van der Waals surface area contributed by atoms with Crippen molar-refractivity contribution in [3.8, 4) is 5.75 Å². The highest BCUT2D eigenvalue weighted by atomic mass is 32.2. The molecule has 114 valence electrons. The second kappa shape index (κ2) is 6.37. The van der Waals surface area contributed by atoms with Gasteiger partial charge in [0.2, 0.25) is 0 Å². The van der Waals surface area contributed by atoms with Crippen molar-refractivity contribution in [2.45, 2.75) is 18.1 Å². The van der Waals surface area contributed by atoms with Crippen molar-refractivity contribution in [3.05, 3.63) is 40.6 Å². The smallest absolute Gasteiger partial charge is 0.387 e. The van der Waals surface area contributed by atoms with Crippen LogP contribution >= 0.6 is 11.3 Å². The van der Waals surface area contributed by atoms with Crippen molar-refractivity contribution in [1.29, 1.82) is 0 Å². The highest BCUT2D eigenvalue weighted by molar-refractivity contribution is 7.93. The zero-order chi connectivity index (χ0) is 15.5. The van der Waals surface area contributed by atoms with Crippen LogP contribution in [0.15, 0.2) is 40.6 Å². The van der Waals surface area contributed by atoms with Crippen LogP contribution in [0.5, 0.6) is 5.75 Å². The van der Waals surface area contributed by atoms with E-state index in [0.29, 0.717) is 4.88 Å². The summed E-state index contributed by atoms with van der Waals surface area (Å²) >= 11 is 1.25. The van der Waals surface area contributed by atoms with Gasteiger partial charge in [0, 0.05) is 17.1 Å². The minimum Gasteiger partial charge on any atom is -0.435 e. The van der Waals surface area contributed by atoms with E-state index < -0.39 is 16.6 Å². The van der Waals surface area contributed by atoms with Crippen LogP contribution in [-0.2, 0) is 16.6 Å². The number of nitrogens with one attached hydrogen (secondary N) is 1. The summed E-state index contributed by atoms with van der Waals surface area (Å²) in [7, 11) is -3.76. The fourth-order valence-electron chi connectivity index (χ4n) is 1.63. The van der Waals surface area contributed by atoms with E-state index in [-0.39, 0.29) is 22.9 Å². The molecule has 0 bridgehead atoms. The van der Waals surface area contributed by atoms with Gasteiger partial charge in [-0.1, -0.05) is 0 Å². The van der Waals surface area contributed by atoms with Gasteiger partial charge in [0.25, 0.3) is 10.0 Å². The quantitative estimate of drug-likeness (QED) is 0.851.